The van der Waals surface area contributed by atoms with E-state index in [2.05, 4.69) is 15.2 Å². The summed E-state index contributed by atoms with van der Waals surface area (Å²) in [6, 6.07) is 6.16. The van der Waals surface area contributed by atoms with E-state index in [9.17, 15) is 5.11 Å². The van der Waals surface area contributed by atoms with Crippen molar-refractivity contribution in [3.8, 4) is 11.5 Å². The quantitative estimate of drug-likeness (QED) is 0.919. The molecule has 2 aliphatic heterocycles. The second kappa shape index (κ2) is 5.75. The number of likely N-dealkylation sites (tertiary alicyclic amines) is 1. The van der Waals surface area contributed by atoms with Crippen molar-refractivity contribution in [2.75, 3.05) is 19.9 Å². The highest BCUT2D eigenvalue weighted by Crippen LogP contribution is 2.38. The number of hydrogen-bond acceptors (Lipinski definition) is 6. The lowest BCUT2D eigenvalue weighted by Crippen LogP contribution is -2.31. The Morgan fingerprint density at radius 3 is 3.00 bits per heavy atom. The number of rotatable bonds is 4. The van der Waals surface area contributed by atoms with Crippen molar-refractivity contribution in [2.45, 2.75) is 38.5 Å². The fraction of sp³-hybridized carbons (Fsp3) is 0.529. The lowest BCUT2D eigenvalue weighted by atomic mass is 10.00. The van der Waals surface area contributed by atoms with E-state index < -0.39 is 5.60 Å². The Kier molecular flexibility index (Phi) is 3.69. The molecular weight excluding hydrogens is 308 g/mol. The summed E-state index contributed by atoms with van der Waals surface area (Å²) >= 11 is 0. The first-order chi connectivity index (χ1) is 11.5. The summed E-state index contributed by atoms with van der Waals surface area (Å²) in [5.74, 6) is 1.61. The minimum atomic E-state index is -0.942. The van der Waals surface area contributed by atoms with E-state index in [1.54, 1.807) is 4.68 Å². The normalized spacial score (nSPS) is 23.3. The molecule has 2 aromatic rings. The highest BCUT2D eigenvalue weighted by molar-refractivity contribution is 5.48. The van der Waals surface area contributed by atoms with Crippen molar-refractivity contribution in [3.63, 3.8) is 0 Å². The number of hydrogen-bond donors (Lipinski definition) is 1. The summed E-state index contributed by atoms with van der Waals surface area (Å²) in [6.07, 6.45) is 2.50. The van der Waals surface area contributed by atoms with Gasteiger partial charge in [-0.2, -0.15) is 0 Å². The van der Waals surface area contributed by atoms with Crippen LogP contribution in [0.1, 0.15) is 37.6 Å². The molecule has 0 saturated carbocycles. The lowest BCUT2D eigenvalue weighted by Gasteiger charge is -2.21. The van der Waals surface area contributed by atoms with Crippen molar-refractivity contribution in [2.24, 2.45) is 0 Å². The third kappa shape index (κ3) is 2.63. The summed E-state index contributed by atoms with van der Waals surface area (Å²) in [5, 5.41) is 19.3. The Bertz CT molecular complexity index is 745. The number of aliphatic hydroxyl groups is 1. The minimum absolute atomic E-state index is 0.233. The highest BCUT2D eigenvalue weighted by atomic mass is 16.7. The number of fused-ring (bicyclic) bond motifs is 1. The minimum Gasteiger partial charge on any atom is -0.454 e. The number of benzene rings is 1. The Labute approximate surface area is 140 Å². The molecular formula is C17H22N4O3. The molecule has 7 heteroatoms. The zero-order valence-corrected chi connectivity index (χ0v) is 14.0. The van der Waals surface area contributed by atoms with Gasteiger partial charge >= 0.3 is 0 Å². The van der Waals surface area contributed by atoms with Crippen LogP contribution in [0.4, 0.5) is 0 Å². The second-order valence-electron chi connectivity index (χ2n) is 6.82. The number of para-hydroxylation sites is 1. The molecule has 24 heavy (non-hydrogen) atoms. The maximum atomic E-state index is 11.0. The first-order valence-corrected chi connectivity index (χ1v) is 8.30. The Hall–Kier alpha value is -2.12. The van der Waals surface area contributed by atoms with Gasteiger partial charge in [-0.1, -0.05) is 17.3 Å². The lowest BCUT2D eigenvalue weighted by molar-refractivity contribution is 0.0407. The maximum absolute atomic E-state index is 11.0. The molecule has 128 valence electrons. The SMILES string of the molecule is CC(C)n1cc(C2(O)CCN(Cc3cccc4c3OCO4)C2)nn1. The standard InChI is InChI=1S/C17H22N4O3/c1-12(2)21-9-15(18-19-21)17(22)6-7-20(10-17)8-13-4-3-5-14-16(13)24-11-23-14/h3-5,9,12,22H,6-8,10-11H2,1-2H3. The van der Waals surface area contributed by atoms with Gasteiger partial charge < -0.3 is 14.6 Å². The molecule has 1 fully saturated rings. The Morgan fingerprint density at radius 2 is 2.21 bits per heavy atom. The monoisotopic (exact) mass is 330 g/mol. The highest BCUT2D eigenvalue weighted by Gasteiger charge is 2.40. The molecule has 7 nitrogen and oxygen atoms in total. The third-order valence-corrected chi connectivity index (χ3v) is 4.72. The van der Waals surface area contributed by atoms with Gasteiger partial charge in [0.25, 0.3) is 0 Å². The van der Waals surface area contributed by atoms with Crippen molar-refractivity contribution in [1.82, 2.24) is 19.9 Å². The van der Waals surface area contributed by atoms with Gasteiger partial charge in [-0.3, -0.25) is 4.90 Å². The summed E-state index contributed by atoms with van der Waals surface area (Å²) in [7, 11) is 0. The third-order valence-electron chi connectivity index (χ3n) is 4.72. The van der Waals surface area contributed by atoms with Gasteiger partial charge in [-0.05, 0) is 26.3 Å². The Morgan fingerprint density at radius 1 is 1.33 bits per heavy atom. The predicted octanol–water partition coefficient (Wildman–Crippen LogP) is 1.68. The van der Waals surface area contributed by atoms with Gasteiger partial charge in [0.05, 0.1) is 6.20 Å². The molecule has 0 radical (unpaired) electrons. The first kappa shape index (κ1) is 15.4. The van der Waals surface area contributed by atoms with Crippen LogP contribution in [0.3, 0.4) is 0 Å². The van der Waals surface area contributed by atoms with Crippen LogP contribution in [0.15, 0.2) is 24.4 Å². The summed E-state index contributed by atoms with van der Waals surface area (Å²) in [6.45, 7) is 6.41. The average Bonchev–Trinajstić information content (AvgIpc) is 3.26. The van der Waals surface area contributed by atoms with Crippen LogP contribution in [0.5, 0.6) is 11.5 Å². The zero-order chi connectivity index (χ0) is 16.7. The van der Waals surface area contributed by atoms with E-state index in [4.69, 9.17) is 9.47 Å². The van der Waals surface area contributed by atoms with Gasteiger partial charge in [-0.25, -0.2) is 4.68 Å². The number of β-amino-alcohol motifs (C(OH)–C–C–N with tert-alkyl or cyclic N) is 1. The molecule has 4 rings (SSSR count). The van der Waals surface area contributed by atoms with E-state index >= 15 is 0 Å². The van der Waals surface area contributed by atoms with E-state index in [1.165, 1.54) is 0 Å². The van der Waals surface area contributed by atoms with E-state index in [0.29, 0.717) is 25.2 Å². The molecule has 0 bridgehead atoms. The van der Waals surface area contributed by atoms with Gasteiger partial charge in [0, 0.05) is 31.2 Å². The van der Waals surface area contributed by atoms with Crippen LogP contribution in [0, 0.1) is 0 Å². The largest absolute Gasteiger partial charge is 0.454 e. The van der Waals surface area contributed by atoms with Crippen molar-refractivity contribution >= 4 is 0 Å². The fourth-order valence-corrected chi connectivity index (χ4v) is 3.31. The molecule has 2 aliphatic rings. The summed E-state index contributed by atoms with van der Waals surface area (Å²) < 4.78 is 12.8. The second-order valence-corrected chi connectivity index (χ2v) is 6.82. The van der Waals surface area contributed by atoms with Crippen LogP contribution in [0.25, 0.3) is 0 Å². The molecule has 1 saturated heterocycles. The van der Waals surface area contributed by atoms with Crippen molar-refractivity contribution in [3.05, 3.63) is 35.7 Å². The van der Waals surface area contributed by atoms with Gasteiger partial charge in [-0.15, -0.1) is 5.10 Å². The molecule has 1 N–H and O–H groups in total. The van der Waals surface area contributed by atoms with Gasteiger partial charge in [0.1, 0.15) is 11.3 Å². The van der Waals surface area contributed by atoms with Crippen molar-refractivity contribution < 1.29 is 14.6 Å². The molecule has 0 aliphatic carbocycles. The number of nitrogens with zero attached hydrogens (tertiary/aromatic N) is 4. The smallest absolute Gasteiger partial charge is 0.231 e. The fourth-order valence-electron chi connectivity index (χ4n) is 3.31. The molecule has 1 aromatic heterocycles. The maximum Gasteiger partial charge on any atom is 0.231 e. The Balaban J connectivity index is 1.49. The molecule has 0 spiro atoms. The molecule has 0 amide bonds. The van der Waals surface area contributed by atoms with Crippen molar-refractivity contribution in [1.29, 1.82) is 0 Å². The van der Waals surface area contributed by atoms with Gasteiger partial charge in [0.15, 0.2) is 11.5 Å². The summed E-state index contributed by atoms with van der Waals surface area (Å²) in [5.41, 5.74) is 0.791. The number of aromatic nitrogens is 3. The van der Waals surface area contributed by atoms with Crippen LogP contribution < -0.4 is 9.47 Å². The molecule has 3 heterocycles. The predicted molar refractivity (Wildman–Crippen MR) is 86.8 cm³/mol. The van der Waals surface area contributed by atoms with Crippen LogP contribution in [-0.2, 0) is 12.1 Å². The molecule has 1 atom stereocenters. The summed E-state index contributed by atoms with van der Waals surface area (Å²) in [4.78, 5) is 2.21. The van der Waals surface area contributed by atoms with E-state index in [1.807, 2.05) is 38.2 Å². The number of ether oxygens (including phenoxy) is 2. The van der Waals surface area contributed by atoms with Crippen LogP contribution >= 0.6 is 0 Å². The van der Waals surface area contributed by atoms with E-state index in [-0.39, 0.29) is 12.8 Å². The zero-order valence-electron chi connectivity index (χ0n) is 14.0. The molecule has 1 unspecified atom stereocenters. The molecule has 1 aromatic carbocycles. The van der Waals surface area contributed by atoms with Crippen LogP contribution in [-0.4, -0.2) is 44.9 Å². The average molecular weight is 330 g/mol. The topological polar surface area (TPSA) is 72.6 Å². The van der Waals surface area contributed by atoms with Crippen LogP contribution in [0.2, 0.25) is 0 Å². The van der Waals surface area contributed by atoms with E-state index in [0.717, 1.165) is 23.6 Å². The van der Waals surface area contributed by atoms with Gasteiger partial charge in [0.2, 0.25) is 6.79 Å². The first-order valence-electron chi connectivity index (χ1n) is 8.30.